The third-order valence-electron chi connectivity index (χ3n) is 4.76. The Hall–Kier alpha value is -0.810. The molecule has 5 nitrogen and oxygen atoms in total. The lowest BCUT2D eigenvalue weighted by Gasteiger charge is -2.35. The highest BCUT2D eigenvalue weighted by molar-refractivity contribution is 5.85. The van der Waals surface area contributed by atoms with Crippen molar-refractivity contribution in [1.29, 1.82) is 0 Å². The highest BCUT2D eigenvalue weighted by Crippen LogP contribution is 2.30. The number of nitrogens with zero attached hydrogens (tertiary/aromatic N) is 3. The molecule has 2 aliphatic rings. The van der Waals surface area contributed by atoms with Gasteiger partial charge in [-0.3, -0.25) is 0 Å². The maximum absolute atomic E-state index is 8.77. The molecule has 1 aliphatic carbocycles. The molecule has 0 aromatic heterocycles. The van der Waals surface area contributed by atoms with Gasteiger partial charge in [-0.25, -0.2) is 0 Å². The van der Waals surface area contributed by atoms with Gasteiger partial charge in [0, 0.05) is 38.1 Å². The molecule has 3 N–H and O–H groups in total. The van der Waals surface area contributed by atoms with Crippen molar-refractivity contribution >= 4 is 5.84 Å². The highest BCUT2D eigenvalue weighted by atomic mass is 16.4. The monoisotopic (exact) mass is 282 g/mol. The van der Waals surface area contributed by atoms with E-state index in [0.29, 0.717) is 5.84 Å². The summed E-state index contributed by atoms with van der Waals surface area (Å²) in [5.41, 5.74) is 5.51. The van der Waals surface area contributed by atoms with Crippen LogP contribution in [-0.4, -0.2) is 60.1 Å². The molecule has 0 atom stereocenters. The van der Waals surface area contributed by atoms with Crippen molar-refractivity contribution in [3.8, 4) is 0 Å². The van der Waals surface area contributed by atoms with Gasteiger partial charge in [-0.05, 0) is 38.1 Å². The molecule has 0 spiro atoms. The van der Waals surface area contributed by atoms with Gasteiger partial charge in [-0.15, -0.1) is 0 Å². The maximum Gasteiger partial charge on any atom is 0.144 e. The Morgan fingerprint density at radius 2 is 1.80 bits per heavy atom. The molecule has 0 unspecified atom stereocenters. The number of nitrogens with two attached hydrogens (primary N) is 1. The fourth-order valence-corrected chi connectivity index (χ4v) is 2.87. The molecule has 116 valence electrons. The number of amidine groups is 1. The van der Waals surface area contributed by atoms with E-state index in [1.807, 2.05) is 13.8 Å². The van der Waals surface area contributed by atoms with E-state index in [-0.39, 0.29) is 5.41 Å². The van der Waals surface area contributed by atoms with E-state index < -0.39 is 0 Å². The second-order valence-electron chi connectivity index (χ2n) is 7.06. The summed E-state index contributed by atoms with van der Waals surface area (Å²) in [5.74, 6) is 1.34. The minimum absolute atomic E-state index is 0.206. The molecule has 2 rings (SSSR count). The van der Waals surface area contributed by atoms with Gasteiger partial charge < -0.3 is 20.7 Å². The van der Waals surface area contributed by atoms with Gasteiger partial charge in [0.05, 0.1) is 0 Å². The molecule has 0 amide bonds. The van der Waals surface area contributed by atoms with Gasteiger partial charge >= 0.3 is 0 Å². The second kappa shape index (κ2) is 6.76. The summed E-state index contributed by atoms with van der Waals surface area (Å²) in [6, 6.07) is 0. The van der Waals surface area contributed by atoms with Crippen molar-refractivity contribution in [1.82, 2.24) is 9.80 Å². The first-order chi connectivity index (χ1) is 9.51. The second-order valence-corrected chi connectivity index (χ2v) is 7.06. The molecular formula is C15H30N4O. The van der Waals surface area contributed by atoms with Crippen molar-refractivity contribution in [2.75, 3.05) is 39.3 Å². The Balaban J connectivity index is 1.61. The summed E-state index contributed by atoms with van der Waals surface area (Å²) in [6.45, 7) is 11.3. The third kappa shape index (κ3) is 4.63. The number of rotatable bonds is 7. The van der Waals surface area contributed by atoms with E-state index in [1.165, 1.54) is 45.6 Å². The molecule has 1 saturated carbocycles. The fourth-order valence-electron chi connectivity index (χ4n) is 2.87. The van der Waals surface area contributed by atoms with Crippen LogP contribution in [0.3, 0.4) is 0 Å². The van der Waals surface area contributed by atoms with E-state index >= 15 is 0 Å². The van der Waals surface area contributed by atoms with E-state index in [2.05, 4.69) is 15.0 Å². The van der Waals surface area contributed by atoms with Crippen molar-refractivity contribution < 1.29 is 5.21 Å². The molecule has 0 bridgehead atoms. The van der Waals surface area contributed by atoms with Crippen LogP contribution in [0.4, 0.5) is 0 Å². The van der Waals surface area contributed by atoms with E-state index in [1.54, 1.807) is 0 Å². The summed E-state index contributed by atoms with van der Waals surface area (Å²) in [5, 5.41) is 11.9. The third-order valence-corrected chi connectivity index (χ3v) is 4.76. The summed E-state index contributed by atoms with van der Waals surface area (Å²) in [6.07, 6.45) is 4.96. The molecular weight excluding hydrogens is 252 g/mol. The molecule has 1 aliphatic heterocycles. The topological polar surface area (TPSA) is 65.1 Å². The Labute approximate surface area is 122 Å². The first kappa shape index (κ1) is 15.6. The van der Waals surface area contributed by atoms with Crippen LogP contribution >= 0.6 is 0 Å². The van der Waals surface area contributed by atoms with Crippen LogP contribution in [0, 0.1) is 11.3 Å². The Bertz CT molecular complexity index is 331. The molecule has 0 aromatic rings. The van der Waals surface area contributed by atoms with Gasteiger partial charge in [0.2, 0.25) is 0 Å². The fraction of sp³-hybridized carbons (Fsp3) is 0.933. The first-order valence-electron chi connectivity index (χ1n) is 7.94. The first-order valence-corrected chi connectivity index (χ1v) is 7.94. The van der Waals surface area contributed by atoms with Crippen molar-refractivity contribution in [3.05, 3.63) is 0 Å². The molecule has 5 heteroatoms. The van der Waals surface area contributed by atoms with Gasteiger partial charge in [0.15, 0.2) is 0 Å². The molecule has 0 radical (unpaired) electrons. The number of oxime groups is 1. The molecule has 1 heterocycles. The summed E-state index contributed by atoms with van der Waals surface area (Å²) in [7, 11) is 0. The minimum Gasteiger partial charge on any atom is -0.409 e. The lowest BCUT2D eigenvalue weighted by Crippen LogP contribution is -2.47. The Morgan fingerprint density at radius 1 is 1.20 bits per heavy atom. The predicted octanol–water partition coefficient (Wildman–Crippen LogP) is 1.57. The average Bonchev–Trinajstić information content (AvgIpc) is 3.23. The molecule has 1 saturated heterocycles. The smallest absolute Gasteiger partial charge is 0.144 e. The van der Waals surface area contributed by atoms with Gasteiger partial charge in [-0.1, -0.05) is 19.0 Å². The maximum atomic E-state index is 8.77. The normalized spacial score (nSPS) is 23.2. The SMILES string of the molecule is CC(C)(CCCN1CCN(CC2CC2)CC1)C(N)=NO. The van der Waals surface area contributed by atoms with E-state index in [0.717, 1.165) is 25.3 Å². The summed E-state index contributed by atoms with van der Waals surface area (Å²) in [4.78, 5) is 5.17. The van der Waals surface area contributed by atoms with Crippen LogP contribution in [0.2, 0.25) is 0 Å². The van der Waals surface area contributed by atoms with Gasteiger partial charge in [0.25, 0.3) is 0 Å². The number of hydrogen-bond acceptors (Lipinski definition) is 4. The molecule has 20 heavy (non-hydrogen) atoms. The number of piperazine rings is 1. The zero-order valence-electron chi connectivity index (χ0n) is 13.0. The number of hydrogen-bond donors (Lipinski definition) is 2. The van der Waals surface area contributed by atoms with Crippen LogP contribution in [0.5, 0.6) is 0 Å². The van der Waals surface area contributed by atoms with Crippen molar-refractivity contribution in [2.24, 2.45) is 22.2 Å². The minimum atomic E-state index is -0.206. The van der Waals surface area contributed by atoms with Crippen LogP contribution in [-0.2, 0) is 0 Å². The van der Waals surface area contributed by atoms with Crippen LogP contribution in [0.25, 0.3) is 0 Å². The zero-order valence-corrected chi connectivity index (χ0v) is 13.0. The van der Waals surface area contributed by atoms with Crippen LogP contribution < -0.4 is 5.73 Å². The average molecular weight is 282 g/mol. The standard InChI is InChI=1S/C15H30N4O/c1-15(2,14(16)17-20)6-3-7-18-8-10-19(11-9-18)12-13-4-5-13/h13,20H,3-12H2,1-2H3,(H2,16,17). The van der Waals surface area contributed by atoms with Crippen molar-refractivity contribution in [3.63, 3.8) is 0 Å². The lowest BCUT2D eigenvalue weighted by molar-refractivity contribution is 0.125. The largest absolute Gasteiger partial charge is 0.409 e. The van der Waals surface area contributed by atoms with Crippen LogP contribution in [0.15, 0.2) is 5.16 Å². The highest BCUT2D eigenvalue weighted by Gasteiger charge is 2.27. The van der Waals surface area contributed by atoms with Gasteiger partial charge in [0.1, 0.15) is 5.84 Å². The van der Waals surface area contributed by atoms with E-state index in [9.17, 15) is 0 Å². The van der Waals surface area contributed by atoms with Crippen LogP contribution in [0.1, 0.15) is 39.5 Å². The Kier molecular flexibility index (Phi) is 5.27. The zero-order chi connectivity index (χ0) is 14.6. The predicted molar refractivity (Wildman–Crippen MR) is 82.0 cm³/mol. The van der Waals surface area contributed by atoms with E-state index in [4.69, 9.17) is 10.9 Å². The lowest BCUT2D eigenvalue weighted by atomic mass is 9.86. The summed E-state index contributed by atoms with van der Waals surface area (Å²) >= 11 is 0. The quantitative estimate of drug-likeness (QED) is 0.322. The molecule has 0 aromatic carbocycles. The molecule has 2 fully saturated rings. The van der Waals surface area contributed by atoms with Gasteiger partial charge in [-0.2, -0.15) is 0 Å². The summed E-state index contributed by atoms with van der Waals surface area (Å²) < 4.78 is 0. The Morgan fingerprint density at radius 3 is 2.35 bits per heavy atom. The van der Waals surface area contributed by atoms with Crippen molar-refractivity contribution in [2.45, 2.75) is 39.5 Å².